The summed E-state index contributed by atoms with van der Waals surface area (Å²) in [4.78, 5) is 25.2. The summed E-state index contributed by atoms with van der Waals surface area (Å²) >= 11 is 0. The largest absolute Gasteiger partial charge is 0.304 e. The Morgan fingerprint density at radius 3 is 1.65 bits per heavy atom. The van der Waals surface area contributed by atoms with E-state index in [1.807, 2.05) is 91.0 Å². The van der Waals surface area contributed by atoms with Crippen molar-refractivity contribution in [3.8, 4) is 0 Å². The SMILES string of the molecule is C[Si](C(=O)C(CC=O)c1ccccc1)(c1ccccc1)c1ccccc1. The summed E-state index contributed by atoms with van der Waals surface area (Å²) in [6.07, 6.45) is 1.07. The first kappa shape index (κ1) is 18.0. The second kappa shape index (κ2) is 8.06. The van der Waals surface area contributed by atoms with Gasteiger partial charge in [0, 0.05) is 12.3 Å². The number of hydrogen-bond donors (Lipinski definition) is 0. The maximum Gasteiger partial charge on any atom is 0.191 e. The second-order valence-electron chi connectivity index (χ2n) is 6.59. The summed E-state index contributed by atoms with van der Waals surface area (Å²) in [5.41, 5.74) is 0.912. The third-order valence-electron chi connectivity index (χ3n) is 5.05. The molecule has 1 unspecified atom stereocenters. The molecule has 0 fully saturated rings. The monoisotopic (exact) mass is 358 g/mol. The van der Waals surface area contributed by atoms with Gasteiger partial charge in [-0.15, -0.1) is 0 Å². The molecule has 0 aliphatic rings. The van der Waals surface area contributed by atoms with Crippen LogP contribution in [0.4, 0.5) is 0 Å². The maximum atomic E-state index is 13.9. The molecule has 1 atom stereocenters. The minimum atomic E-state index is -2.69. The van der Waals surface area contributed by atoms with Crippen LogP contribution in [0.15, 0.2) is 91.0 Å². The molecule has 3 rings (SSSR count). The number of rotatable bonds is 7. The Bertz CT molecular complexity index is 821. The average molecular weight is 359 g/mol. The highest BCUT2D eigenvalue weighted by Gasteiger charge is 2.43. The van der Waals surface area contributed by atoms with Crippen molar-refractivity contribution < 1.29 is 9.59 Å². The molecular formula is C23H22O2Si. The molecule has 0 aliphatic heterocycles. The number of carbonyl (C=O) groups is 2. The van der Waals surface area contributed by atoms with Crippen LogP contribution in [0.5, 0.6) is 0 Å². The molecule has 3 aromatic rings. The number of hydrogen-bond acceptors (Lipinski definition) is 2. The molecule has 0 saturated heterocycles. The Labute approximate surface area is 155 Å². The third-order valence-corrected chi connectivity index (χ3v) is 9.36. The molecule has 3 heteroatoms. The second-order valence-corrected chi connectivity index (χ2v) is 10.5. The highest BCUT2D eigenvalue weighted by molar-refractivity contribution is 7.22. The molecule has 3 aromatic carbocycles. The van der Waals surface area contributed by atoms with E-state index in [0.717, 1.165) is 22.2 Å². The van der Waals surface area contributed by atoms with Gasteiger partial charge in [0.1, 0.15) is 11.7 Å². The van der Waals surface area contributed by atoms with Gasteiger partial charge in [0.2, 0.25) is 0 Å². The quantitative estimate of drug-likeness (QED) is 0.479. The lowest BCUT2D eigenvalue weighted by atomic mass is 9.98. The van der Waals surface area contributed by atoms with Crippen LogP contribution in [0, 0.1) is 0 Å². The van der Waals surface area contributed by atoms with E-state index in [4.69, 9.17) is 0 Å². The zero-order valence-electron chi connectivity index (χ0n) is 14.8. The lowest BCUT2D eigenvalue weighted by molar-refractivity contribution is -0.116. The zero-order chi connectivity index (χ0) is 18.4. The number of benzene rings is 3. The van der Waals surface area contributed by atoms with Gasteiger partial charge in [-0.05, 0) is 15.9 Å². The number of carbonyl (C=O) groups excluding carboxylic acids is 2. The standard InChI is InChI=1S/C23H22O2Si/c1-26(20-13-7-3-8-14-20,21-15-9-4-10-16-21)23(25)22(17-18-24)19-11-5-2-6-12-19/h2-16,18,22H,17H2,1H3. The lowest BCUT2D eigenvalue weighted by Gasteiger charge is -2.31. The van der Waals surface area contributed by atoms with Crippen molar-refractivity contribution >= 4 is 30.1 Å². The van der Waals surface area contributed by atoms with Gasteiger partial charge in [-0.1, -0.05) is 97.5 Å². The van der Waals surface area contributed by atoms with Crippen LogP contribution in [0.1, 0.15) is 17.9 Å². The minimum Gasteiger partial charge on any atom is -0.304 e. The zero-order valence-corrected chi connectivity index (χ0v) is 15.8. The maximum absolute atomic E-state index is 13.9. The third kappa shape index (κ3) is 3.44. The summed E-state index contributed by atoms with van der Waals surface area (Å²) < 4.78 is 0. The van der Waals surface area contributed by atoms with E-state index in [1.165, 1.54) is 0 Å². The topological polar surface area (TPSA) is 34.1 Å². The van der Waals surface area contributed by atoms with E-state index in [1.54, 1.807) is 0 Å². The highest BCUT2D eigenvalue weighted by atomic mass is 28.3. The molecule has 0 heterocycles. The Morgan fingerprint density at radius 1 is 0.808 bits per heavy atom. The van der Waals surface area contributed by atoms with E-state index in [-0.39, 0.29) is 11.8 Å². The first-order chi connectivity index (χ1) is 12.7. The normalized spacial score (nSPS) is 12.3. The van der Waals surface area contributed by atoms with Gasteiger partial charge in [-0.25, -0.2) is 0 Å². The Balaban J connectivity index is 2.15. The molecule has 0 spiro atoms. The molecule has 0 radical (unpaired) electrons. The molecular weight excluding hydrogens is 336 g/mol. The van der Waals surface area contributed by atoms with Crippen molar-refractivity contribution in [2.45, 2.75) is 18.9 Å². The first-order valence-corrected chi connectivity index (χ1v) is 11.3. The molecule has 0 saturated carbocycles. The van der Waals surface area contributed by atoms with E-state index < -0.39 is 14.0 Å². The van der Waals surface area contributed by atoms with Crippen LogP contribution in [0.3, 0.4) is 0 Å². The smallest absolute Gasteiger partial charge is 0.191 e. The van der Waals surface area contributed by atoms with Gasteiger partial charge in [0.05, 0.1) is 0 Å². The van der Waals surface area contributed by atoms with Gasteiger partial charge in [-0.3, -0.25) is 0 Å². The molecule has 0 aliphatic carbocycles. The fraction of sp³-hybridized carbons (Fsp3) is 0.130. The fourth-order valence-electron chi connectivity index (χ4n) is 3.52. The highest BCUT2D eigenvalue weighted by Crippen LogP contribution is 2.25. The van der Waals surface area contributed by atoms with Crippen LogP contribution in [-0.4, -0.2) is 19.8 Å². The molecule has 0 aromatic heterocycles. The Hall–Kier alpha value is -2.78. The van der Waals surface area contributed by atoms with Crippen LogP contribution < -0.4 is 10.4 Å². The van der Waals surface area contributed by atoms with Gasteiger partial charge >= 0.3 is 0 Å². The van der Waals surface area contributed by atoms with Gasteiger partial charge in [-0.2, -0.15) is 0 Å². The Morgan fingerprint density at radius 2 is 1.23 bits per heavy atom. The van der Waals surface area contributed by atoms with E-state index in [2.05, 4.69) is 6.55 Å². The number of aldehydes is 1. The van der Waals surface area contributed by atoms with E-state index in [9.17, 15) is 9.59 Å². The van der Waals surface area contributed by atoms with Crippen LogP contribution in [0.25, 0.3) is 0 Å². The van der Waals surface area contributed by atoms with Crippen molar-refractivity contribution in [3.05, 3.63) is 96.6 Å². The van der Waals surface area contributed by atoms with Gasteiger partial charge in [0.15, 0.2) is 8.07 Å². The molecule has 130 valence electrons. The van der Waals surface area contributed by atoms with Crippen molar-refractivity contribution in [2.75, 3.05) is 0 Å². The summed E-state index contributed by atoms with van der Waals surface area (Å²) in [5.74, 6) is -0.411. The minimum absolute atomic E-state index is 0.174. The van der Waals surface area contributed by atoms with Gasteiger partial charge in [0.25, 0.3) is 0 Å². The van der Waals surface area contributed by atoms with Crippen molar-refractivity contribution in [1.82, 2.24) is 0 Å². The van der Waals surface area contributed by atoms with Crippen molar-refractivity contribution in [2.24, 2.45) is 0 Å². The summed E-state index contributed by atoms with van der Waals surface area (Å²) in [6.45, 7) is 2.10. The predicted octanol–water partition coefficient (Wildman–Crippen LogP) is 3.36. The first-order valence-electron chi connectivity index (χ1n) is 8.82. The summed E-state index contributed by atoms with van der Waals surface area (Å²) in [7, 11) is -2.69. The van der Waals surface area contributed by atoms with Crippen LogP contribution in [-0.2, 0) is 9.59 Å². The van der Waals surface area contributed by atoms with E-state index >= 15 is 0 Å². The molecule has 0 bridgehead atoms. The van der Waals surface area contributed by atoms with E-state index in [0.29, 0.717) is 0 Å². The predicted molar refractivity (Wildman–Crippen MR) is 109 cm³/mol. The fourth-order valence-corrected chi connectivity index (χ4v) is 7.12. The summed E-state index contributed by atoms with van der Waals surface area (Å²) in [5, 5.41) is 2.32. The average Bonchev–Trinajstić information content (AvgIpc) is 2.73. The van der Waals surface area contributed by atoms with Crippen LogP contribution in [0.2, 0.25) is 6.55 Å². The lowest BCUT2D eigenvalue weighted by Crippen LogP contribution is -2.63. The Kier molecular flexibility index (Phi) is 5.59. The molecule has 0 amide bonds. The van der Waals surface area contributed by atoms with Crippen molar-refractivity contribution in [3.63, 3.8) is 0 Å². The van der Waals surface area contributed by atoms with Crippen LogP contribution >= 0.6 is 0 Å². The summed E-state index contributed by atoms with van der Waals surface area (Å²) in [6, 6.07) is 29.7. The molecule has 26 heavy (non-hydrogen) atoms. The van der Waals surface area contributed by atoms with Crippen molar-refractivity contribution in [1.29, 1.82) is 0 Å². The molecule has 0 N–H and O–H groups in total. The molecule has 2 nitrogen and oxygen atoms in total. The van der Waals surface area contributed by atoms with Gasteiger partial charge < -0.3 is 9.59 Å².